The minimum Gasteiger partial charge on any atom is -0.396 e. The van der Waals surface area contributed by atoms with E-state index in [-0.39, 0.29) is 6.61 Å². The largest absolute Gasteiger partial charge is 0.396 e. The summed E-state index contributed by atoms with van der Waals surface area (Å²) < 4.78 is 0. The summed E-state index contributed by atoms with van der Waals surface area (Å²) >= 11 is 5.72. The van der Waals surface area contributed by atoms with Crippen LogP contribution in [0.1, 0.15) is 24.8 Å². The molecule has 0 amide bonds. The SMILES string of the molecule is OCCC(NCc1ccc(Cl)nc1)C1CC1. The fourth-order valence-corrected chi connectivity index (χ4v) is 2.01. The molecule has 0 radical (unpaired) electrons. The summed E-state index contributed by atoms with van der Waals surface area (Å²) in [5, 5.41) is 13.0. The molecule has 1 aromatic rings. The highest BCUT2D eigenvalue weighted by atomic mass is 35.5. The van der Waals surface area contributed by atoms with Crippen molar-refractivity contribution in [3.8, 4) is 0 Å². The molecule has 0 spiro atoms. The molecule has 0 bridgehead atoms. The number of hydrogen-bond acceptors (Lipinski definition) is 3. The maximum atomic E-state index is 8.98. The zero-order valence-corrected chi connectivity index (χ0v) is 9.95. The summed E-state index contributed by atoms with van der Waals surface area (Å²) in [6, 6.07) is 4.22. The molecule has 88 valence electrons. The van der Waals surface area contributed by atoms with Gasteiger partial charge in [0.1, 0.15) is 5.15 Å². The number of aliphatic hydroxyl groups excluding tert-OH is 1. The van der Waals surface area contributed by atoms with Gasteiger partial charge in [-0.1, -0.05) is 17.7 Å². The van der Waals surface area contributed by atoms with Crippen LogP contribution in [0, 0.1) is 5.92 Å². The predicted octanol–water partition coefficient (Wildman–Crippen LogP) is 1.99. The normalized spacial score (nSPS) is 17.4. The average Bonchev–Trinajstić information content (AvgIpc) is 3.10. The van der Waals surface area contributed by atoms with E-state index in [0.29, 0.717) is 11.2 Å². The van der Waals surface area contributed by atoms with Crippen LogP contribution in [0.2, 0.25) is 5.15 Å². The van der Waals surface area contributed by atoms with Gasteiger partial charge in [-0.2, -0.15) is 0 Å². The summed E-state index contributed by atoms with van der Waals surface area (Å²) in [6.07, 6.45) is 5.21. The molecule has 16 heavy (non-hydrogen) atoms. The molecule has 3 nitrogen and oxygen atoms in total. The molecule has 2 rings (SSSR count). The molecule has 2 N–H and O–H groups in total. The lowest BCUT2D eigenvalue weighted by Crippen LogP contribution is -2.31. The number of nitrogens with one attached hydrogen (secondary N) is 1. The van der Waals surface area contributed by atoms with Gasteiger partial charge in [-0.05, 0) is 36.8 Å². The molecular weight excluding hydrogens is 224 g/mol. The van der Waals surface area contributed by atoms with Crippen molar-refractivity contribution in [2.75, 3.05) is 6.61 Å². The molecule has 1 aliphatic rings. The lowest BCUT2D eigenvalue weighted by Gasteiger charge is -2.16. The van der Waals surface area contributed by atoms with Crippen LogP contribution in [0.4, 0.5) is 0 Å². The van der Waals surface area contributed by atoms with Gasteiger partial charge in [-0.15, -0.1) is 0 Å². The smallest absolute Gasteiger partial charge is 0.129 e. The van der Waals surface area contributed by atoms with E-state index in [4.69, 9.17) is 16.7 Å². The zero-order valence-electron chi connectivity index (χ0n) is 9.19. The van der Waals surface area contributed by atoms with Crippen LogP contribution in [0.5, 0.6) is 0 Å². The summed E-state index contributed by atoms with van der Waals surface area (Å²) in [5.74, 6) is 0.757. The van der Waals surface area contributed by atoms with E-state index in [1.807, 2.05) is 6.07 Å². The van der Waals surface area contributed by atoms with E-state index in [2.05, 4.69) is 10.3 Å². The van der Waals surface area contributed by atoms with Gasteiger partial charge in [0.05, 0.1) is 0 Å². The molecule has 4 heteroatoms. The van der Waals surface area contributed by atoms with Gasteiger partial charge >= 0.3 is 0 Å². The first-order valence-electron chi connectivity index (χ1n) is 5.74. The average molecular weight is 241 g/mol. The van der Waals surface area contributed by atoms with Crippen LogP contribution in [0.25, 0.3) is 0 Å². The number of hydrogen-bond donors (Lipinski definition) is 2. The molecule has 1 heterocycles. The number of aliphatic hydroxyl groups is 1. The number of nitrogens with zero attached hydrogens (tertiary/aromatic N) is 1. The van der Waals surface area contributed by atoms with Crippen LogP contribution in [0.15, 0.2) is 18.3 Å². The second kappa shape index (κ2) is 5.62. The summed E-state index contributed by atoms with van der Waals surface area (Å²) in [7, 11) is 0. The van der Waals surface area contributed by atoms with E-state index in [0.717, 1.165) is 24.4 Å². The Morgan fingerprint density at radius 3 is 2.88 bits per heavy atom. The summed E-state index contributed by atoms with van der Waals surface area (Å²) in [6.45, 7) is 1.05. The number of rotatable bonds is 6. The highest BCUT2D eigenvalue weighted by Crippen LogP contribution is 2.34. The first kappa shape index (κ1) is 11.8. The van der Waals surface area contributed by atoms with Crippen molar-refractivity contribution >= 4 is 11.6 Å². The van der Waals surface area contributed by atoms with Gasteiger partial charge in [-0.3, -0.25) is 0 Å². The quantitative estimate of drug-likeness (QED) is 0.748. The summed E-state index contributed by atoms with van der Waals surface area (Å²) in [5.41, 5.74) is 1.13. The van der Waals surface area contributed by atoms with Crippen LogP contribution >= 0.6 is 11.6 Å². The third kappa shape index (κ3) is 3.44. The molecule has 1 aliphatic carbocycles. The lowest BCUT2D eigenvalue weighted by atomic mass is 10.1. The Kier molecular flexibility index (Phi) is 4.16. The van der Waals surface area contributed by atoms with Crippen molar-refractivity contribution in [1.82, 2.24) is 10.3 Å². The minimum absolute atomic E-state index is 0.257. The highest BCUT2D eigenvalue weighted by molar-refractivity contribution is 6.29. The highest BCUT2D eigenvalue weighted by Gasteiger charge is 2.30. The van der Waals surface area contributed by atoms with E-state index in [1.54, 1.807) is 12.3 Å². The van der Waals surface area contributed by atoms with Crippen LogP contribution in [-0.4, -0.2) is 22.7 Å². The van der Waals surface area contributed by atoms with Gasteiger partial charge in [0.2, 0.25) is 0 Å². The van der Waals surface area contributed by atoms with Gasteiger partial charge < -0.3 is 10.4 Å². The zero-order chi connectivity index (χ0) is 11.4. The van der Waals surface area contributed by atoms with Crippen molar-refractivity contribution < 1.29 is 5.11 Å². The Morgan fingerprint density at radius 1 is 1.50 bits per heavy atom. The molecule has 1 saturated carbocycles. The number of halogens is 1. The summed E-state index contributed by atoms with van der Waals surface area (Å²) in [4.78, 5) is 4.04. The van der Waals surface area contributed by atoms with Crippen LogP contribution in [-0.2, 0) is 6.54 Å². The van der Waals surface area contributed by atoms with Crippen molar-refractivity contribution in [2.24, 2.45) is 5.92 Å². The van der Waals surface area contributed by atoms with Gasteiger partial charge in [0, 0.05) is 25.4 Å². The number of aromatic nitrogens is 1. The van der Waals surface area contributed by atoms with E-state index < -0.39 is 0 Å². The van der Waals surface area contributed by atoms with Gasteiger partial charge in [0.25, 0.3) is 0 Å². The van der Waals surface area contributed by atoms with Crippen LogP contribution in [0.3, 0.4) is 0 Å². The Balaban J connectivity index is 1.82. The molecule has 1 atom stereocenters. The molecule has 0 aliphatic heterocycles. The molecular formula is C12H17ClN2O. The molecule has 1 aromatic heterocycles. The Morgan fingerprint density at radius 2 is 2.31 bits per heavy atom. The fraction of sp³-hybridized carbons (Fsp3) is 0.583. The maximum absolute atomic E-state index is 8.98. The van der Waals surface area contributed by atoms with Crippen molar-refractivity contribution in [1.29, 1.82) is 0 Å². The second-order valence-corrected chi connectivity index (χ2v) is 4.71. The van der Waals surface area contributed by atoms with Gasteiger partial charge in [-0.25, -0.2) is 4.98 Å². The van der Waals surface area contributed by atoms with Crippen molar-refractivity contribution in [2.45, 2.75) is 31.8 Å². The van der Waals surface area contributed by atoms with Crippen molar-refractivity contribution in [3.63, 3.8) is 0 Å². The standard InChI is InChI=1S/C12H17ClN2O/c13-12-4-1-9(8-15-12)7-14-11(5-6-16)10-2-3-10/h1,4,8,10-11,14,16H,2-3,5-7H2. The molecule has 1 fully saturated rings. The first-order valence-corrected chi connectivity index (χ1v) is 6.12. The Labute approximate surface area is 101 Å². The van der Waals surface area contributed by atoms with Crippen LogP contribution < -0.4 is 5.32 Å². The monoisotopic (exact) mass is 240 g/mol. The third-order valence-corrected chi connectivity index (χ3v) is 3.21. The Hall–Kier alpha value is -0.640. The second-order valence-electron chi connectivity index (χ2n) is 4.33. The molecule has 0 saturated heterocycles. The van der Waals surface area contributed by atoms with E-state index >= 15 is 0 Å². The van der Waals surface area contributed by atoms with Gasteiger partial charge in [0.15, 0.2) is 0 Å². The topological polar surface area (TPSA) is 45.1 Å². The predicted molar refractivity (Wildman–Crippen MR) is 64.3 cm³/mol. The van der Waals surface area contributed by atoms with Crippen molar-refractivity contribution in [3.05, 3.63) is 29.0 Å². The fourth-order valence-electron chi connectivity index (χ4n) is 1.90. The Bertz CT molecular complexity index is 324. The van der Waals surface area contributed by atoms with E-state index in [1.165, 1.54) is 12.8 Å². The maximum Gasteiger partial charge on any atom is 0.129 e. The number of pyridine rings is 1. The molecule has 1 unspecified atom stereocenters. The minimum atomic E-state index is 0.257. The van der Waals surface area contributed by atoms with E-state index in [9.17, 15) is 0 Å². The first-order chi connectivity index (χ1) is 7.79. The lowest BCUT2D eigenvalue weighted by molar-refractivity contribution is 0.255. The third-order valence-electron chi connectivity index (χ3n) is 2.99. The molecule has 0 aromatic carbocycles.